The van der Waals surface area contributed by atoms with E-state index in [1.807, 2.05) is 19.2 Å². The number of nitrogens with one attached hydrogen (secondary N) is 2. The van der Waals surface area contributed by atoms with Crippen molar-refractivity contribution in [2.24, 2.45) is 4.99 Å². The van der Waals surface area contributed by atoms with Crippen molar-refractivity contribution in [2.45, 2.75) is 38.3 Å². The number of furan rings is 1. The summed E-state index contributed by atoms with van der Waals surface area (Å²) in [6.07, 6.45) is 4.85. The maximum atomic E-state index is 5.36. The van der Waals surface area contributed by atoms with Crippen molar-refractivity contribution < 1.29 is 4.42 Å². The Hall–Kier alpha value is -2.27. The number of guanidine groups is 1. The van der Waals surface area contributed by atoms with E-state index >= 15 is 0 Å². The molecule has 0 aliphatic carbocycles. The predicted octanol–water partition coefficient (Wildman–Crippen LogP) is 3.21. The molecule has 5 nitrogen and oxygen atoms in total. The smallest absolute Gasteiger partial charge is 0.191 e. The van der Waals surface area contributed by atoms with E-state index in [1.54, 1.807) is 6.26 Å². The van der Waals surface area contributed by atoms with Crippen LogP contribution < -0.4 is 10.6 Å². The van der Waals surface area contributed by atoms with Gasteiger partial charge in [-0.2, -0.15) is 0 Å². The fourth-order valence-corrected chi connectivity index (χ4v) is 3.52. The van der Waals surface area contributed by atoms with Gasteiger partial charge >= 0.3 is 0 Å². The van der Waals surface area contributed by atoms with Gasteiger partial charge in [-0.15, -0.1) is 0 Å². The zero-order valence-electron chi connectivity index (χ0n) is 15.8. The van der Waals surface area contributed by atoms with Gasteiger partial charge in [-0.25, -0.2) is 0 Å². The summed E-state index contributed by atoms with van der Waals surface area (Å²) in [4.78, 5) is 6.92. The standard InChI is InChI=1S/C21H30N4O/c1-17(18-7-4-3-5-8-18)25-14-11-19(12-15-25)24-21(22-2)23-13-10-20-9-6-16-26-20/h3-9,16-17,19H,10-15H2,1-2H3,(H2,22,23,24). The minimum absolute atomic E-state index is 0.475. The van der Waals surface area contributed by atoms with Gasteiger partial charge in [0.2, 0.25) is 0 Å². The Bertz CT molecular complexity index is 661. The SMILES string of the molecule is CN=C(NCCc1ccco1)NC1CCN(C(C)c2ccccc2)CC1. The molecule has 0 spiro atoms. The number of rotatable bonds is 6. The maximum absolute atomic E-state index is 5.36. The fourth-order valence-electron chi connectivity index (χ4n) is 3.52. The topological polar surface area (TPSA) is 52.8 Å². The summed E-state index contributed by atoms with van der Waals surface area (Å²) in [6, 6.07) is 15.6. The largest absolute Gasteiger partial charge is 0.469 e. The van der Waals surface area contributed by atoms with Crippen LogP contribution in [-0.2, 0) is 6.42 Å². The van der Waals surface area contributed by atoms with Crippen LogP contribution in [0.4, 0.5) is 0 Å². The molecule has 2 aromatic rings. The number of likely N-dealkylation sites (tertiary alicyclic amines) is 1. The zero-order valence-corrected chi connectivity index (χ0v) is 15.8. The summed E-state index contributed by atoms with van der Waals surface area (Å²) in [5.41, 5.74) is 1.40. The highest BCUT2D eigenvalue weighted by atomic mass is 16.3. The lowest BCUT2D eigenvalue weighted by Gasteiger charge is -2.37. The average Bonchev–Trinajstić information content (AvgIpc) is 3.21. The highest BCUT2D eigenvalue weighted by molar-refractivity contribution is 5.79. The first-order valence-corrected chi connectivity index (χ1v) is 9.55. The lowest BCUT2D eigenvalue weighted by atomic mass is 10.0. The van der Waals surface area contributed by atoms with Gasteiger partial charge in [-0.3, -0.25) is 9.89 Å². The summed E-state index contributed by atoms with van der Waals surface area (Å²) in [5, 5.41) is 6.95. The van der Waals surface area contributed by atoms with E-state index in [1.165, 1.54) is 5.56 Å². The van der Waals surface area contributed by atoms with E-state index in [2.05, 4.69) is 57.8 Å². The first-order valence-electron chi connectivity index (χ1n) is 9.55. The molecule has 2 heterocycles. The van der Waals surface area contributed by atoms with E-state index in [4.69, 9.17) is 4.42 Å². The third-order valence-electron chi connectivity index (χ3n) is 5.17. The van der Waals surface area contributed by atoms with Crippen molar-refractivity contribution in [1.82, 2.24) is 15.5 Å². The minimum Gasteiger partial charge on any atom is -0.469 e. The summed E-state index contributed by atoms with van der Waals surface area (Å²) in [5.74, 6) is 1.88. The Morgan fingerprint density at radius 3 is 2.62 bits per heavy atom. The Morgan fingerprint density at radius 2 is 1.96 bits per heavy atom. The second kappa shape index (κ2) is 9.43. The van der Waals surface area contributed by atoms with E-state index in [0.717, 1.165) is 50.6 Å². The summed E-state index contributed by atoms with van der Waals surface area (Å²) in [6.45, 7) is 5.34. The van der Waals surface area contributed by atoms with Gasteiger partial charge in [0.1, 0.15) is 5.76 Å². The molecule has 1 aromatic carbocycles. The van der Waals surface area contributed by atoms with Crippen molar-refractivity contribution in [2.75, 3.05) is 26.7 Å². The fraction of sp³-hybridized carbons (Fsp3) is 0.476. The van der Waals surface area contributed by atoms with Crippen molar-refractivity contribution >= 4 is 5.96 Å². The van der Waals surface area contributed by atoms with Gasteiger partial charge < -0.3 is 15.1 Å². The molecule has 1 atom stereocenters. The normalized spacial score (nSPS) is 17.8. The summed E-state index contributed by atoms with van der Waals surface area (Å²) in [7, 11) is 1.83. The molecular weight excluding hydrogens is 324 g/mol. The minimum atomic E-state index is 0.475. The lowest BCUT2D eigenvalue weighted by Crippen LogP contribution is -2.49. The third kappa shape index (κ3) is 5.11. The molecule has 1 aromatic heterocycles. The first kappa shape index (κ1) is 18.5. The number of nitrogens with zero attached hydrogens (tertiary/aromatic N) is 2. The molecule has 3 rings (SSSR count). The molecule has 5 heteroatoms. The molecule has 1 aliphatic rings. The van der Waals surface area contributed by atoms with Crippen LogP contribution in [0.25, 0.3) is 0 Å². The number of benzene rings is 1. The van der Waals surface area contributed by atoms with Crippen molar-refractivity contribution in [3.05, 3.63) is 60.1 Å². The van der Waals surface area contributed by atoms with Crippen LogP contribution in [-0.4, -0.2) is 43.6 Å². The Morgan fingerprint density at radius 1 is 1.19 bits per heavy atom. The number of piperidine rings is 1. The monoisotopic (exact) mass is 354 g/mol. The van der Waals surface area contributed by atoms with E-state index in [0.29, 0.717) is 12.1 Å². The molecule has 0 radical (unpaired) electrons. The van der Waals surface area contributed by atoms with Crippen molar-refractivity contribution in [1.29, 1.82) is 0 Å². The van der Waals surface area contributed by atoms with Crippen LogP contribution in [0.2, 0.25) is 0 Å². The third-order valence-corrected chi connectivity index (χ3v) is 5.17. The van der Waals surface area contributed by atoms with Crippen LogP contribution in [0.3, 0.4) is 0 Å². The Kier molecular flexibility index (Phi) is 6.72. The Balaban J connectivity index is 1.41. The molecule has 1 saturated heterocycles. The highest BCUT2D eigenvalue weighted by Crippen LogP contribution is 2.23. The lowest BCUT2D eigenvalue weighted by molar-refractivity contribution is 0.158. The van der Waals surface area contributed by atoms with E-state index in [9.17, 15) is 0 Å². The molecular formula is C21H30N4O. The quantitative estimate of drug-likeness (QED) is 0.618. The van der Waals surface area contributed by atoms with E-state index in [-0.39, 0.29) is 0 Å². The molecule has 140 valence electrons. The van der Waals surface area contributed by atoms with Gasteiger partial charge in [-0.1, -0.05) is 30.3 Å². The van der Waals surface area contributed by atoms with Crippen LogP contribution in [0.15, 0.2) is 58.1 Å². The summed E-state index contributed by atoms with van der Waals surface area (Å²) < 4.78 is 5.36. The van der Waals surface area contributed by atoms with Crippen LogP contribution in [0.1, 0.15) is 37.1 Å². The van der Waals surface area contributed by atoms with Crippen molar-refractivity contribution in [3.8, 4) is 0 Å². The molecule has 2 N–H and O–H groups in total. The molecule has 0 saturated carbocycles. The van der Waals surface area contributed by atoms with Gasteiger partial charge in [0.25, 0.3) is 0 Å². The molecule has 0 amide bonds. The molecule has 1 fully saturated rings. The van der Waals surface area contributed by atoms with Gasteiger partial charge in [0, 0.05) is 45.2 Å². The summed E-state index contributed by atoms with van der Waals surface area (Å²) >= 11 is 0. The van der Waals surface area contributed by atoms with Crippen molar-refractivity contribution in [3.63, 3.8) is 0 Å². The molecule has 1 aliphatic heterocycles. The average molecular weight is 354 g/mol. The highest BCUT2D eigenvalue weighted by Gasteiger charge is 2.23. The van der Waals surface area contributed by atoms with Gasteiger partial charge in [-0.05, 0) is 37.5 Å². The molecule has 0 bridgehead atoms. The second-order valence-corrected chi connectivity index (χ2v) is 6.87. The maximum Gasteiger partial charge on any atom is 0.191 e. The predicted molar refractivity (Wildman–Crippen MR) is 106 cm³/mol. The van der Waals surface area contributed by atoms with Gasteiger partial charge in [0.05, 0.1) is 6.26 Å². The second-order valence-electron chi connectivity index (χ2n) is 6.87. The van der Waals surface area contributed by atoms with Crippen LogP contribution >= 0.6 is 0 Å². The van der Waals surface area contributed by atoms with E-state index < -0.39 is 0 Å². The van der Waals surface area contributed by atoms with Gasteiger partial charge in [0.15, 0.2) is 5.96 Å². The number of hydrogen-bond acceptors (Lipinski definition) is 3. The first-order chi connectivity index (χ1) is 12.8. The number of hydrogen-bond donors (Lipinski definition) is 2. The zero-order chi connectivity index (χ0) is 18.2. The Labute approximate surface area is 156 Å². The van der Waals surface area contributed by atoms with Crippen LogP contribution in [0, 0.1) is 0 Å². The molecule has 26 heavy (non-hydrogen) atoms. The molecule has 1 unspecified atom stereocenters. The van der Waals surface area contributed by atoms with Crippen LogP contribution in [0.5, 0.6) is 0 Å². The number of aliphatic imine (C=N–C) groups is 1.